The Kier molecular flexibility index (Phi) is 4.44. The Balaban J connectivity index is 2.24. The van der Waals surface area contributed by atoms with E-state index in [9.17, 15) is 9.59 Å². The first-order valence-corrected chi connectivity index (χ1v) is 5.11. The van der Waals surface area contributed by atoms with Crippen LogP contribution in [0.3, 0.4) is 0 Å². The number of anilines is 1. The van der Waals surface area contributed by atoms with Gasteiger partial charge < -0.3 is 16.0 Å². The second-order valence-electron chi connectivity index (χ2n) is 3.69. The largest absolute Gasteiger partial charge is 0.367 e. The number of nitrogens with two attached hydrogens (primary N) is 1. The van der Waals surface area contributed by atoms with Crippen molar-refractivity contribution in [1.29, 1.82) is 0 Å². The van der Waals surface area contributed by atoms with Crippen LogP contribution in [0.5, 0.6) is 0 Å². The molecule has 1 aromatic rings. The third-order valence-corrected chi connectivity index (χ3v) is 2.02. The maximum absolute atomic E-state index is 11.4. The van der Waals surface area contributed by atoms with E-state index in [0.29, 0.717) is 6.54 Å². The normalized spacial score (nSPS) is 10.0. The third kappa shape index (κ3) is 4.49. The summed E-state index contributed by atoms with van der Waals surface area (Å²) >= 11 is 0. The maximum atomic E-state index is 11.4. The molecule has 0 radical (unpaired) electrons. The van der Waals surface area contributed by atoms with Gasteiger partial charge >= 0.3 is 0 Å². The average molecular weight is 240 g/mol. The maximum Gasteiger partial charge on any atom is 0.241 e. The molecule has 1 aromatic heterocycles. The Morgan fingerprint density at radius 3 is 2.76 bits per heavy atom. The molecule has 0 fully saturated rings. The van der Waals surface area contributed by atoms with Crippen LogP contribution in [0.1, 0.15) is 6.42 Å². The average Bonchev–Trinajstić information content (AvgIpc) is 2.63. The van der Waals surface area contributed by atoms with Gasteiger partial charge in [0.25, 0.3) is 0 Å². The van der Waals surface area contributed by atoms with Gasteiger partial charge in [0.2, 0.25) is 17.8 Å². The summed E-state index contributed by atoms with van der Waals surface area (Å²) in [6.07, 6.45) is 1.65. The Hall–Kier alpha value is -2.12. The van der Waals surface area contributed by atoms with E-state index < -0.39 is 0 Å². The van der Waals surface area contributed by atoms with E-state index in [4.69, 9.17) is 5.73 Å². The molecule has 0 aliphatic rings. The molecule has 0 atom stereocenters. The SMILES string of the molecule is CN(C)C(=O)CCNC(=O)Cn1cnc(N)n1. The standard InChI is InChI=1S/C9H16N6O2/c1-14(2)8(17)3-4-11-7(16)5-15-6-12-9(10)13-15/h6H,3-5H2,1-2H3,(H2,10,13)(H,11,16). The Bertz CT molecular complexity index is 400. The summed E-state index contributed by atoms with van der Waals surface area (Å²) in [5.41, 5.74) is 5.30. The topological polar surface area (TPSA) is 106 Å². The third-order valence-electron chi connectivity index (χ3n) is 2.02. The first kappa shape index (κ1) is 12.9. The van der Waals surface area contributed by atoms with Crippen molar-refractivity contribution in [2.75, 3.05) is 26.4 Å². The van der Waals surface area contributed by atoms with Crippen molar-refractivity contribution < 1.29 is 9.59 Å². The van der Waals surface area contributed by atoms with E-state index in [1.54, 1.807) is 14.1 Å². The van der Waals surface area contributed by atoms with E-state index >= 15 is 0 Å². The Morgan fingerprint density at radius 2 is 2.24 bits per heavy atom. The van der Waals surface area contributed by atoms with Gasteiger partial charge in [-0.1, -0.05) is 0 Å². The van der Waals surface area contributed by atoms with Gasteiger partial charge in [0.15, 0.2) is 0 Å². The number of nitrogen functional groups attached to an aromatic ring is 1. The van der Waals surface area contributed by atoms with Crippen LogP contribution < -0.4 is 11.1 Å². The fraction of sp³-hybridized carbons (Fsp3) is 0.556. The zero-order valence-corrected chi connectivity index (χ0v) is 9.88. The highest BCUT2D eigenvalue weighted by Gasteiger charge is 2.07. The summed E-state index contributed by atoms with van der Waals surface area (Å²) in [4.78, 5) is 27.8. The molecule has 0 aliphatic heterocycles. The number of amides is 2. The van der Waals surface area contributed by atoms with Crippen LogP contribution in [0.2, 0.25) is 0 Å². The summed E-state index contributed by atoms with van der Waals surface area (Å²) in [7, 11) is 3.34. The van der Waals surface area contributed by atoms with Crippen molar-refractivity contribution in [3.63, 3.8) is 0 Å². The number of carbonyl (C=O) groups is 2. The number of nitrogens with one attached hydrogen (secondary N) is 1. The molecule has 0 spiro atoms. The summed E-state index contributed by atoms with van der Waals surface area (Å²) in [5.74, 6) is -0.141. The molecule has 3 N–H and O–H groups in total. The predicted molar refractivity (Wildman–Crippen MR) is 60.8 cm³/mol. The number of rotatable bonds is 5. The highest BCUT2D eigenvalue weighted by atomic mass is 16.2. The fourth-order valence-corrected chi connectivity index (χ4v) is 1.12. The second-order valence-corrected chi connectivity index (χ2v) is 3.69. The van der Waals surface area contributed by atoms with Gasteiger partial charge in [0.05, 0.1) is 0 Å². The molecule has 94 valence electrons. The van der Waals surface area contributed by atoms with Gasteiger partial charge in [0.1, 0.15) is 12.9 Å². The van der Waals surface area contributed by atoms with Gasteiger partial charge in [-0.2, -0.15) is 0 Å². The Morgan fingerprint density at radius 1 is 1.53 bits per heavy atom. The minimum absolute atomic E-state index is 0.0321. The van der Waals surface area contributed by atoms with Crippen molar-refractivity contribution >= 4 is 17.8 Å². The van der Waals surface area contributed by atoms with E-state index in [1.807, 2.05) is 0 Å². The van der Waals surface area contributed by atoms with Gasteiger partial charge in [-0.05, 0) is 0 Å². The van der Waals surface area contributed by atoms with Crippen molar-refractivity contribution in [1.82, 2.24) is 25.0 Å². The highest BCUT2D eigenvalue weighted by molar-refractivity contribution is 5.78. The first-order valence-electron chi connectivity index (χ1n) is 5.11. The number of hydrogen-bond donors (Lipinski definition) is 2. The number of nitrogens with zero attached hydrogens (tertiary/aromatic N) is 4. The van der Waals surface area contributed by atoms with E-state index in [0.717, 1.165) is 0 Å². The minimum Gasteiger partial charge on any atom is -0.367 e. The van der Waals surface area contributed by atoms with Gasteiger partial charge in [-0.3, -0.25) is 9.59 Å². The Labute approximate surface area is 98.8 Å². The van der Waals surface area contributed by atoms with Crippen molar-refractivity contribution in [3.8, 4) is 0 Å². The van der Waals surface area contributed by atoms with Crippen molar-refractivity contribution in [3.05, 3.63) is 6.33 Å². The van der Waals surface area contributed by atoms with Crippen LogP contribution in [-0.2, 0) is 16.1 Å². The first-order chi connectivity index (χ1) is 7.99. The molecule has 0 aromatic carbocycles. The van der Waals surface area contributed by atoms with Gasteiger partial charge in [-0.15, -0.1) is 5.10 Å². The molecule has 0 bridgehead atoms. The molecule has 0 saturated heterocycles. The lowest BCUT2D eigenvalue weighted by Gasteiger charge is -2.10. The molecular formula is C9H16N6O2. The second kappa shape index (κ2) is 5.83. The van der Waals surface area contributed by atoms with Crippen molar-refractivity contribution in [2.24, 2.45) is 0 Å². The lowest BCUT2D eigenvalue weighted by atomic mass is 10.4. The lowest BCUT2D eigenvalue weighted by Crippen LogP contribution is -2.32. The lowest BCUT2D eigenvalue weighted by molar-refractivity contribution is -0.128. The van der Waals surface area contributed by atoms with Crippen LogP contribution in [0, 0.1) is 0 Å². The summed E-state index contributed by atoms with van der Waals surface area (Å²) < 4.78 is 1.33. The fourth-order valence-electron chi connectivity index (χ4n) is 1.12. The number of aromatic nitrogens is 3. The predicted octanol–water partition coefficient (Wildman–Crippen LogP) is -1.55. The van der Waals surface area contributed by atoms with Crippen LogP contribution in [0.25, 0.3) is 0 Å². The molecule has 0 saturated carbocycles. The van der Waals surface area contributed by atoms with Crippen LogP contribution in [0.4, 0.5) is 5.95 Å². The summed E-state index contributed by atoms with van der Waals surface area (Å²) in [6, 6.07) is 0. The molecule has 1 heterocycles. The number of hydrogen-bond acceptors (Lipinski definition) is 5. The van der Waals surface area contributed by atoms with E-state index in [-0.39, 0.29) is 30.7 Å². The van der Waals surface area contributed by atoms with E-state index in [1.165, 1.54) is 15.9 Å². The molecule has 1 rings (SSSR count). The molecule has 8 nitrogen and oxygen atoms in total. The highest BCUT2D eigenvalue weighted by Crippen LogP contribution is 1.89. The molecule has 0 aliphatic carbocycles. The zero-order chi connectivity index (χ0) is 12.8. The van der Waals surface area contributed by atoms with Crippen molar-refractivity contribution in [2.45, 2.75) is 13.0 Å². The van der Waals surface area contributed by atoms with Crippen LogP contribution in [-0.4, -0.2) is 52.1 Å². The minimum atomic E-state index is -0.235. The summed E-state index contributed by atoms with van der Waals surface area (Å²) in [6.45, 7) is 0.348. The zero-order valence-electron chi connectivity index (χ0n) is 9.88. The molecule has 17 heavy (non-hydrogen) atoms. The molecule has 0 unspecified atom stereocenters. The quantitative estimate of drug-likeness (QED) is 0.648. The van der Waals surface area contributed by atoms with Crippen LogP contribution in [0.15, 0.2) is 6.33 Å². The summed E-state index contributed by atoms with van der Waals surface area (Å²) in [5, 5.41) is 6.38. The molecular weight excluding hydrogens is 224 g/mol. The smallest absolute Gasteiger partial charge is 0.241 e. The number of carbonyl (C=O) groups excluding carboxylic acids is 2. The van der Waals surface area contributed by atoms with Crippen LogP contribution >= 0.6 is 0 Å². The van der Waals surface area contributed by atoms with E-state index in [2.05, 4.69) is 15.4 Å². The van der Waals surface area contributed by atoms with Gasteiger partial charge in [0, 0.05) is 27.1 Å². The molecule has 2 amide bonds. The van der Waals surface area contributed by atoms with Gasteiger partial charge in [-0.25, -0.2) is 9.67 Å². The molecule has 8 heteroatoms. The monoisotopic (exact) mass is 240 g/mol.